The predicted octanol–water partition coefficient (Wildman–Crippen LogP) is 2.60. The number of nitriles is 1. The van der Waals surface area contributed by atoms with Crippen molar-refractivity contribution < 1.29 is 24.3 Å². The quantitative estimate of drug-likeness (QED) is 0.460. The number of esters is 1. The van der Waals surface area contributed by atoms with Crippen LogP contribution < -0.4 is 5.73 Å². The number of nitro groups is 1. The van der Waals surface area contributed by atoms with Crippen molar-refractivity contribution >= 4 is 23.3 Å². The first-order valence-corrected chi connectivity index (χ1v) is 7.73. The summed E-state index contributed by atoms with van der Waals surface area (Å²) in [5.74, 6) is -3.09. The van der Waals surface area contributed by atoms with Gasteiger partial charge in [0.05, 0.1) is 28.6 Å². The van der Waals surface area contributed by atoms with Gasteiger partial charge in [-0.3, -0.25) is 10.1 Å². The fourth-order valence-corrected chi connectivity index (χ4v) is 2.92. The Balaban J connectivity index is 2.88. The summed E-state index contributed by atoms with van der Waals surface area (Å²) < 4.78 is 10.2. The fourth-order valence-electron chi connectivity index (χ4n) is 2.68. The van der Waals surface area contributed by atoms with Gasteiger partial charge < -0.3 is 20.3 Å². The second kappa shape index (κ2) is 7.33. The van der Waals surface area contributed by atoms with E-state index < -0.39 is 28.2 Å². The molecule has 1 aromatic rings. The summed E-state index contributed by atoms with van der Waals surface area (Å²) >= 11 is 5.92. The number of nitrogens with two attached hydrogens (primary N) is 1. The van der Waals surface area contributed by atoms with Crippen LogP contribution in [0.1, 0.15) is 25.3 Å². The van der Waals surface area contributed by atoms with E-state index in [2.05, 4.69) is 0 Å². The van der Waals surface area contributed by atoms with Gasteiger partial charge in [-0.2, -0.15) is 5.26 Å². The molecule has 0 radical (unpaired) electrons. The van der Waals surface area contributed by atoms with Crippen LogP contribution >= 0.6 is 11.6 Å². The van der Waals surface area contributed by atoms with Crippen LogP contribution in [0.15, 0.2) is 34.9 Å². The van der Waals surface area contributed by atoms with Crippen molar-refractivity contribution in [2.24, 2.45) is 5.73 Å². The Morgan fingerprint density at radius 1 is 1.58 bits per heavy atom. The highest BCUT2D eigenvalue weighted by Gasteiger charge is 2.42. The molecule has 1 heterocycles. The van der Waals surface area contributed by atoms with Gasteiger partial charge in [0.15, 0.2) is 0 Å². The Morgan fingerprint density at radius 3 is 2.77 bits per heavy atom. The van der Waals surface area contributed by atoms with Crippen LogP contribution in [0.25, 0.3) is 0 Å². The van der Waals surface area contributed by atoms with Gasteiger partial charge in [-0.05, 0) is 26.0 Å². The van der Waals surface area contributed by atoms with E-state index in [1.54, 1.807) is 13.0 Å². The molecule has 0 amide bonds. The number of allylic oxidation sites excluding steroid dienone is 2. The molecule has 0 saturated carbocycles. The Hall–Kier alpha value is -3.25. The molecule has 0 aromatic heterocycles. The van der Waals surface area contributed by atoms with Gasteiger partial charge in [-0.15, -0.1) is 0 Å². The lowest BCUT2D eigenvalue weighted by Crippen LogP contribution is -2.26. The summed E-state index contributed by atoms with van der Waals surface area (Å²) in [4.78, 5) is 23.1. The zero-order chi connectivity index (χ0) is 19.6. The monoisotopic (exact) mass is 379 g/mol. The lowest BCUT2D eigenvalue weighted by Gasteiger charge is -2.27. The first kappa shape index (κ1) is 19.1. The van der Waals surface area contributed by atoms with E-state index in [4.69, 9.17) is 26.8 Å². The number of carbonyl (C=O) groups is 1. The number of carbonyl (C=O) groups excluding carboxylic acids is 1. The van der Waals surface area contributed by atoms with E-state index >= 15 is 0 Å². The number of hydrogen-bond donors (Lipinski definition) is 2. The molecule has 1 aromatic carbocycles. The van der Waals surface area contributed by atoms with E-state index in [9.17, 15) is 25.3 Å². The lowest BCUT2D eigenvalue weighted by atomic mass is 9.81. The lowest BCUT2D eigenvalue weighted by molar-refractivity contribution is -0.385. The number of benzene rings is 1. The maximum atomic E-state index is 12.4. The van der Waals surface area contributed by atoms with E-state index in [0.717, 1.165) is 12.1 Å². The number of halogens is 1. The molecule has 1 aliphatic rings. The minimum absolute atomic E-state index is 0.00127. The van der Waals surface area contributed by atoms with E-state index in [1.165, 1.54) is 6.92 Å². The summed E-state index contributed by atoms with van der Waals surface area (Å²) in [6.07, 6.45) is 0. The van der Waals surface area contributed by atoms with Crippen molar-refractivity contribution in [2.45, 2.75) is 19.8 Å². The highest BCUT2D eigenvalue weighted by molar-refractivity contribution is 6.33. The van der Waals surface area contributed by atoms with Gasteiger partial charge in [0.1, 0.15) is 28.2 Å². The van der Waals surface area contributed by atoms with E-state index in [0.29, 0.717) is 0 Å². The largest absolute Gasteiger partial charge is 0.507 e. The van der Waals surface area contributed by atoms with Crippen molar-refractivity contribution in [1.82, 2.24) is 0 Å². The molecule has 0 saturated heterocycles. The van der Waals surface area contributed by atoms with Crippen LogP contribution in [-0.4, -0.2) is 22.6 Å². The Morgan fingerprint density at radius 2 is 2.23 bits per heavy atom. The van der Waals surface area contributed by atoms with Crippen molar-refractivity contribution in [3.8, 4) is 11.8 Å². The number of nitrogens with zero attached hydrogens (tertiary/aromatic N) is 2. The molecule has 26 heavy (non-hydrogen) atoms. The van der Waals surface area contributed by atoms with Crippen LogP contribution in [0.5, 0.6) is 5.75 Å². The molecule has 2 rings (SSSR count). The normalized spacial score (nSPS) is 16.8. The van der Waals surface area contributed by atoms with Crippen molar-refractivity contribution in [3.63, 3.8) is 0 Å². The minimum atomic E-state index is -1.37. The highest BCUT2D eigenvalue weighted by Crippen LogP contribution is 2.48. The van der Waals surface area contributed by atoms with Crippen molar-refractivity contribution in [3.05, 3.63) is 55.6 Å². The van der Waals surface area contributed by atoms with Crippen LogP contribution in [0.2, 0.25) is 5.02 Å². The van der Waals surface area contributed by atoms with Crippen LogP contribution in [0, 0.1) is 21.4 Å². The van der Waals surface area contributed by atoms with Crippen molar-refractivity contribution in [1.29, 1.82) is 5.26 Å². The average molecular weight is 380 g/mol. The molecule has 1 atom stereocenters. The Labute approximate surface area is 153 Å². The van der Waals surface area contributed by atoms with Gasteiger partial charge in [0, 0.05) is 0 Å². The molecule has 1 aliphatic heterocycles. The zero-order valence-electron chi connectivity index (χ0n) is 13.8. The Bertz CT molecular complexity index is 900. The zero-order valence-corrected chi connectivity index (χ0v) is 14.5. The summed E-state index contributed by atoms with van der Waals surface area (Å²) in [5, 5.41) is 31.0. The number of nitro benzene ring substituents is 1. The third-order valence-corrected chi connectivity index (χ3v) is 4.02. The molecule has 3 N–H and O–H groups in total. The van der Waals surface area contributed by atoms with Gasteiger partial charge >= 0.3 is 5.97 Å². The molecule has 10 heteroatoms. The predicted molar refractivity (Wildman–Crippen MR) is 89.8 cm³/mol. The van der Waals surface area contributed by atoms with Crippen molar-refractivity contribution in [2.75, 3.05) is 6.61 Å². The van der Waals surface area contributed by atoms with Gasteiger partial charge in [0.25, 0.3) is 5.69 Å². The molecular weight excluding hydrogens is 366 g/mol. The molecule has 9 nitrogen and oxygen atoms in total. The van der Waals surface area contributed by atoms with Crippen LogP contribution in [0.4, 0.5) is 5.69 Å². The summed E-state index contributed by atoms with van der Waals surface area (Å²) in [6.45, 7) is 2.99. The second-order valence-electron chi connectivity index (χ2n) is 5.20. The number of rotatable bonds is 4. The third kappa shape index (κ3) is 3.14. The van der Waals surface area contributed by atoms with Crippen LogP contribution in [0.3, 0.4) is 0 Å². The number of hydrogen-bond acceptors (Lipinski definition) is 8. The van der Waals surface area contributed by atoms with E-state index in [1.807, 2.05) is 0 Å². The molecule has 0 bridgehead atoms. The number of ether oxygens (including phenoxy) is 2. The summed E-state index contributed by atoms with van der Waals surface area (Å²) in [7, 11) is 0. The maximum Gasteiger partial charge on any atom is 0.338 e. The summed E-state index contributed by atoms with van der Waals surface area (Å²) in [6, 6.07) is 4.04. The molecule has 0 fully saturated rings. The molecule has 0 aliphatic carbocycles. The molecule has 0 spiro atoms. The van der Waals surface area contributed by atoms with Gasteiger partial charge in [-0.25, -0.2) is 4.79 Å². The van der Waals surface area contributed by atoms with E-state index in [-0.39, 0.29) is 40.0 Å². The highest BCUT2D eigenvalue weighted by atomic mass is 35.5. The third-order valence-electron chi connectivity index (χ3n) is 3.72. The number of phenols is 1. The van der Waals surface area contributed by atoms with Gasteiger partial charge in [0.2, 0.25) is 5.88 Å². The first-order chi connectivity index (χ1) is 12.2. The molecule has 136 valence electrons. The Kier molecular flexibility index (Phi) is 5.38. The average Bonchev–Trinajstić information content (AvgIpc) is 2.55. The van der Waals surface area contributed by atoms with Crippen LogP contribution in [-0.2, 0) is 14.3 Å². The SMILES string of the molecule is CCOC(=O)C1=C(C)OC(N)=C(C#N)C1c1c(O)ccc(Cl)c1[N+](=O)[O-]. The standard InChI is InChI=1S/C16H14ClN3O6/c1-3-25-16(22)11-7(2)26-15(19)8(6-18)12(11)13-10(21)5-4-9(17)14(13)20(23)24/h4-5,12,21H,3,19H2,1-2H3. The smallest absolute Gasteiger partial charge is 0.338 e. The topological polar surface area (TPSA) is 149 Å². The summed E-state index contributed by atoms with van der Waals surface area (Å²) in [5.41, 5.74) is 4.28. The first-order valence-electron chi connectivity index (χ1n) is 7.35. The van der Waals surface area contributed by atoms with Gasteiger partial charge in [-0.1, -0.05) is 11.6 Å². The number of phenolic OH excluding ortho intramolecular Hbond substituents is 1. The minimum Gasteiger partial charge on any atom is -0.507 e. The second-order valence-corrected chi connectivity index (χ2v) is 5.61. The number of aromatic hydroxyl groups is 1. The maximum absolute atomic E-state index is 12.4. The fraction of sp³-hybridized carbons (Fsp3) is 0.250. The molecular formula is C16H14ClN3O6. The molecule has 1 unspecified atom stereocenters.